The van der Waals surface area contributed by atoms with Crippen LogP contribution in [0.15, 0.2) is 200 Å². The molecule has 0 fully saturated rings. The van der Waals surface area contributed by atoms with E-state index in [0.29, 0.717) is 17.5 Å². The van der Waals surface area contributed by atoms with E-state index in [0.717, 1.165) is 22.3 Å². The molecular formula is C52H33N3S. The highest BCUT2D eigenvalue weighted by Crippen LogP contribution is 2.56. The van der Waals surface area contributed by atoms with Crippen LogP contribution in [0.4, 0.5) is 0 Å². The van der Waals surface area contributed by atoms with E-state index in [4.69, 9.17) is 15.0 Å². The van der Waals surface area contributed by atoms with Crippen molar-refractivity contribution in [3.8, 4) is 56.4 Å². The van der Waals surface area contributed by atoms with E-state index >= 15 is 0 Å². The Kier molecular flexibility index (Phi) is 7.58. The minimum absolute atomic E-state index is 0.529. The number of rotatable bonds is 6. The summed E-state index contributed by atoms with van der Waals surface area (Å²) in [5.41, 5.74) is 12.1. The third-order valence-electron chi connectivity index (χ3n) is 11.2. The first-order valence-corrected chi connectivity index (χ1v) is 19.8. The van der Waals surface area contributed by atoms with Gasteiger partial charge in [0, 0.05) is 36.9 Å². The van der Waals surface area contributed by atoms with Crippen LogP contribution in [0.25, 0.3) is 76.6 Å². The lowest BCUT2D eigenvalue weighted by Gasteiger charge is -2.34. The van der Waals surface area contributed by atoms with Crippen molar-refractivity contribution in [2.24, 2.45) is 0 Å². The normalized spacial score (nSPS) is 12.8. The fraction of sp³-hybridized carbons (Fsp3) is 0.0192. The molecule has 0 N–H and O–H groups in total. The summed E-state index contributed by atoms with van der Waals surface area (Å²) in [6.45, 7) is 0. The molecule has 0 unspecified atom stereocenters. The summed E-state index contributed by atoms with van der Waals surface area (Å²) < 4.78 is 2.42. The van der Waals surface area contributed by atoms with Crippen molar-refractivity contribution in [3.05, 3.63) is 222 Å². The lowest BCUT2D eigenvalue weighted by Crippen LogP contribution is -2.28. The van der Waals surface area contributed by atoms with Gasteiger partial charge in [0.2, 0.25) is 0 Å². The van der Waals surface area contributed by atoms with Gasteiger partial charge in [0.1, 0.15) is 0 Å². The Hall–Kier alpha value is -7.01. The largest absolute Gasteiger partial charge is 0.208 e. The summed E-state index contributed by atoms with van der Waals surface area (Å²) in [7, 11) is 0. The SMILES string of the molecule is c1ccc(-c2ccc(-c3nc(-c4ccc5c(c4)C(c4ccccc4)(c4ccccc4)c4ccccc4-5)nc(-c4cccc5c4sc4ccccc45)n3)cc2)cc1. The molecule has 11 rings (SSSR count). The van der Waals surface area contributed by atoms with Crippen molar-refractivity contribution >= 4 is 31.5 Å². The van der Waals surface area contributed by atoms with Crippen LogP contribution in [0.1, 0.15) is 22.3 Å². The lowest BCUT2D eigenvalue weighted by atomic mass is 9.67. The fourth-order valence-electron chi connectivity index (χ4n) is 8.70. The molecule has 8 aromatic carbocycles. The third-order valence-corrected chi connectivity index (χ3v) is 12.5. The molecule has 56 heavy (non-hydrogen) atoms. The molecule has 2 heterocycles. The van der Waals surface area contributed by atoms with Crippen LogP contribution < -0.4 is 0 Å². The number of thiophene rings is 1. The van der Waals surface area contributed by atoms with Crippen molar-refractivity contribution in [3.63, 3.8) is 0 Å². The Morgan fingerprint density at radius 2 is 0.857 bits per heavy atom. The summed E-state index contributed by atoms with van der Waals surface area (Å²) in [5, 5.41) is 2.46. The van der Waals surface area contributed by atoms with E-state index in [1.54, 1.807) is 11.3 Å². The molecule has 4 heteroatoms. The Labute approximate surface area is 329 Å². The highest BCUT2D eigenvalue weighted by molar-refractivity contribution is 7.26. The molecule has 262 valence electrons. The molecule has 3 nitrogen and oxygen atoms in total. The van der Waals surface area contributed by atoms with E-state index in [9.17, 15) is 0 Å². The standard InChI is InChI=1S/C52H33N3S/c1-4-15-34(16-5-1)35-27-29-36(30-28-35)49-53-50(55-51(54-49)44-24-14-23-43-42-22-11-13-26-47(42)56-48(43)44)37-31-32-41-40-21-10-12-25-45(40)52(46(41)33-37,38-17-6-2-7-18-38)39-19-8-3-9-20-39/h1-33H. The summed E-state index contributed by atoms with van der Waals surface area (Å²) >= 11 is 1.79. The summed E-state index contributed by atoms with van der Waals surface area (Å²) in [6, 6.07) is 71.5. The van der Waals surface area contributed by atoms with E-state index < -0.39 is 5.41 Å². The van der Waals surface area contributed by atoms with Gasteiger partial charge in [0.05, 0.1) is 5.41 Å². The number of nitrogens with zero attached hydrogens (tertiary/aromatic N) is 3. The van der Waals surface area contributed by atoms with Crippen molar-refractivity contribution in [1.82, 2.24) is 15.0 Å². The maximum atomic E-state index is 5.34. The Morgan fingerprint density at radius 3 is 1.61 bits per heavy atom. The van der Waals surface area contributed by atoms with Gasteiger partial charge in [-0.25, -0.2) is 15.0 Å². The van der Waals surface area contributed by atoms with Gasteiger partial charge in [-0.15, -0.1) is 11.3 Å². The first kappa shape index (κ1) is 32.4. The smallest absolute Gasteiger partial charge is 0.165 e. The van der Waals surface area contributed by atoms with Crippen molar-refractivity contribution in [1.29, 1.82) is 0 Å². The van der Waals surface area contributed by atoms with Crippen LogP contribution in [0.5, 0.6) is 0 Å². The Morgan fingerprint density at radius 1 is 0.339 bits per heavy atom. The highest BCUT2D eigenvalue weighted by atomic mass is 32.1. The van der Waals surface area contributed by atoms with Gasteiger partial charge < -0.3 is 0 Å². The van der Waals surface area contributed by atoms with Crippen LogP contribution in [0.3, 0.4) is 0 Å². The Balaban J connectivity index is 1.15. The lowest BCUT2D eigenvalue weighted by molar-refractivity contribution is 0.768. The van der Waals surface area contributed by atoms with Crippen molar-refractivity contribution < 1.29 is 0 Å². The van der Waals surface area contributed by atoms with Crippen LogP contribution in [-0.2, 0) is 5.41 Å². The number of fused-ring (bicyclic) bond motifs is 6. The predicted octanol–water partition coefficient (Wildman–Crippen LogP) is 13.3. The second kappa shape index (κ2) is 13.1. The van der Waals surface area contributed by atoms with E-state index in [-0.39, 0.29) is 0 Å². The van der Waals surface area contributed by atoms with Gasteiger partial charge in [-0.05, 0) is 62.7 Å². The molecule has 0 amide bonds. The molecule has 0 radical (unpaired) electrons. The van der Waals surface area contributed by atoms with Gasteiger partial charge in [0.15, 0.2) is 17.5 Å². The van der Waals surface area contributed by atoms with Crippen LogP contribution in [-0.4, -0.2) is 15.0 Å². The zero-order chi connectivity index (χ0) is 37.1. The minimum atomic E-state index is -0.529. The molecular weight excluding hydrogens is 699 g/mol. The van der Waals surface area contributed by atoms with Gasteiger partial charge >= 0.3 is 0 Å². The van der Waals surface area contributed by atoms with Gasteiger partial charge in [0.25, 0.3) is 0 Å². The van der Waals surface area contributed by atoms with E-state index in [2.05, 4.69) is 194 Å². The number of hydrogen-bond donors (Lipinski definition) is 0. The second-order valence-electron chi connectivity index (χ2n) is 14.3. The zero-order valence-electron chi connectivity index (χ0n) is 30.3. The fourth-order valence-corrected chi connectivity index (χ4v) is 9.92. The molecule has 2 aromatic heterocycles. The quantitative estimate of drug-likeness (QED) is 0.171. The maximum Gasteiger partial charge on any atom is 0.165 e. The molecule has 10 aromatic rings. The number of hydrogen-bond acceptors (Lipinski definition) is 4. The first-order chi connectivity index (χ1) is 27.8. The highest BCUT2D eigenvalue weighted by Gasteiger charge is 2.46. The van der Waals surface area contributed by atoms with Crippen molar-refractivity contribution in [2.45, 2.75) is 5.41 Å². The van der Waals surface area contributed by atoms with Gasteiger partial charge in [-0.1, -0.05) is 182 Å². The number of aromatic nitrogens is 3. The molecule has 1 aliphatic carbocycles. The van der Waals surface area contributed by atoms with E-state index in [1.165, 1.54) is 59.1 Å². The van der Waals surface area contributed by atoms with Crippen LogP contribution in [0, 0.1) is 0 Å². The van der Waals surface area contributed by atoms with E-state index in [1.807, 2.05) is 6.07 Å². The third kappa shape index (κ3) is 5.07. The van der Waals surface area contributed by atoms with Gasteiger partial charge in [-0.3, -0.25) is 0 Å². The first-order valence-electron chi connectivity index (χ1n) is 18.9. The molecule has 0 saturated carbocycles. The molecule has 0 spiro atoms. The molecule has 0 atom stereocenters. The predicted molar refractivity (Wildman–Crippen MR) is 232 cm³/mol. The average Bonchev–Trinajstić information content (AvgIpc) is 3.81. The summed E-state index contributed by atoms with van der Waals surface area (Å²) in [4.78, 5) is 15.8. The maximum absolute atomic E-state index is 5.34. The minimum Gasteiger partial charge on any atom is -0.208 e. The summed E-state index contributed by atoms with van der Waals surface area (Å²) in [5.74, 6) is 1.95. The monoisotopic (exact) mass is 731 g/mol. The molecule has 0 bridgehead atoms. The molecule has 1 aliphatic rings. The molecule has 0 aliphatic heterocycles. The zero-order valence-corrected chi connectivity index (χ0v) is 31.1. The van der Waals surface area contributed by atoms with Gasteiger partial charge in [-0.2, -0.15) is 0 Å². The van der Waals surface area contributed by atoms with Crippen LogP contribution in [0.2, 0.25) is 0 Å². The summed E-state index contributed by atoms with van der Waals surface area (Å²) in [6.07, 6.45) is 0. The van der Waals surface area contributed by atoms with Crippen molar-refractivity contribution in [2.75, 3.05) is 0 Å². The average molecular weight is 732 g/mol. The second-order valence-corrected chi connectivity index (χ2v) is 15.4. The van der Waals surface area contributed by atoms with Crippen LogP contribution >= 0.6 is 11.3 Å². The Bertz CT molecular complexity index is 3020. The number of benzene rings is 8. The topological polar surface area (TPSA) is 38.7 Å². The molecule has 0 saturated heterocycles.